The molecule has 0 aliphatic rings. The third-order valence-corrected chi connectivity index (χ3v) is 2.26. The Morgan fingerprint density at radius 3 is 2.50 bits per heavy atom. The molecule has 1 unspecified atom stereocenters. The number of nitrogens with one attached hydrogen (secondary N) is 1. The number of unbranched alkanes of at least 4 members (excludes halogenated alkanes) is 1. The Morgan fingerprint density at radius 2 is 2.00 bits per heavy atom. The SMILES string of the molecule is CCC(=O)C(N)CCCCNC(C)C. The molecule has 0 bridgehead atoms. The van der Waals surface area contributed by atoms with Gasteiger partial charge in [0, 0.05) is 12.5 Å². The number of ketones is 1. The van der Waals surface area contributed by atoms with Gasteiger partial charge in [-0.2, -0.15) is 0 Å². The molecule has 0 heterocycles. The Balaban J connectivity index is 3.31. The predicted octanol–water partition coefficient (Wildman–Crippen LogP) is 1.46. The van der Waals surface area contributed by atoms with Crippen molar-refractivity contribution in [2.45, 2.75) is 58.5 Å². The summed E-state index contributed by atoms with van der Waals surface area (Å²) >= 11 is 0. The van der Waals surface area contributed by atoms with E-state index in [-0.39, 0.29) is 11.8 Å². The van der Waals surface area contributed by atoms with Crippen molar-refractivity contribution < 1.29 is 4.79 Å². The average molecular weight is 200 g/mol. The Morgan fingerprint density at radius 1 is 1.36 bits per heavy atom. The molecule has 0 saturated carbocycles. The number of carbonyl (C=O) groups is 1. The number of rotatable bonds is 8. The number of Topliss-reactive ketones (excluding diaryl/α,β-unsaturated/α-hetero) is 1. The van der Waals surface area contributed by atoms with Gasteiger partial charge in [0.25, 0.3) is 0 Å². The lowest BCUT2D eigenvalue weighted by Gasteiger charge is -2.10. The van der Waals surface area contributed by atoms with Crippen LogP contribution < -0.4 is 11.1 Å². The average Bonchev–Trinajstić information content (AvgIpc) is 2.15. The Kier molecular flexibility index (Phi) is 7.71. The van der Waals surface area contributed by atoms with Crippen molar-refractivity contribution in [2.24, 2.45) is 5.73 Å². The fourth-order valence-corrected chi connectivity index (χ4v) is 1.30. The van der Waals surface area contributed by atoms with E-state index in [1.165, 1.54) is 0 Å². The van der Waals surface area contributed by atoms with Gasteiger partial charge in [0.05, 0.1) is 6.04 Å². The first kappa shape index (κ1) is 13.6. The lowest BCUT2D eigenvalue weighted by Crippen LogP contribution is -2.30. The van der Waals surface area contributed by atoms with Gasteiger partial charge in [-0.05, 0) is 19.4 Å². The highest BCUT2D eigenvalue weighted by Gasteiger charge is 2.09. The van der Waals surface area contributed by atoms with Crippen molar-refractivity contribution in [3.63, 3.8) is 0 Å². The summed E-state index contributed by atoms with van der Waals surface area (Å²) < 4.78 is 0. The van der Waals surface area contributed by atoms with E-state index in [1.807, 2.05) is 6.92 Å². The minimum absolute atomic E-state index is 0.182. The Labute approximate surface area is 87.4 Å². The molecule has 84 valence electrons. The second-order valence-corrected chi connectivity index (χ2v) is 4.03. The van der Waals surface area contributed by atoms with Crippen LogP contribution in [0.15, 0.2) is 0 Å². The van der Waals surface area contributed by atoms with Gasteiger partial charge < -0.3 is 11.1 Å². The molecule has 1 atom stereocenters. The van der Waals surface area contributed by atoms with Gasteiger partial charge in [-0.15, -0.1) is 0 Å². The molecule has 0 spiro atoms. The lowest BCUT2D eigenvalue weighted by atomic mass is 10.0. The summed E-state index contributed by atoms with van der Waals surface area (Å²) in [5.41, 5.74) is 5.70. The van der Waals surface area contributed by atoms with Crippen LogP contribution in [0.1, 0.15) is 46.5 Å². The highest BCUT2D eigenvalue weighted by molar-refractivity contribution is 5.83. The first-order valence-corrected chi connectivity index (χ1v) is 5.59. The first-order valence-electron chi connectivity index (χ1n) is 5.59. The molecule has 3 nitrogen and oxygen atoms in total. The summed E-state index contributed by atoms with van der Waals surface area (Å²) in [6.07, 6.45) is 3.52. The second-order valence-electron chi connectivity index (χ2n) is 4.03. The highest BCUT2D eigenvalue weighted by atomic mass is 16.1. The molecular weight excluding hydrogens is 176 g/mol. The van der Waals surface area contributed by atoms with Crippen LogP contribution in [-0.2, 0) is 4.79 Å². The maximum absolute atomic E-state index is 11.1. The van der Waals surface area contributed by atoms with Crippen molar-refractivity contribution in [2.75, 3.05) is 6.54 Å². The van der Waals surface area contributed by atoms with Crippen LogP contribution in [0.4, 0.5) is 0 Å². The van der Waals surface area contributed by atoms with Gasteiger partial charge >= 0.3 is 0 Å². The van der Waals surface area contributed by atoms with Crippen LogP contribution in [0.5, 0.6) is 0 Å². The minimum atomic E-state index is -0.237. The van der Waals surface area contributed by atoms with Crippen LogP contribution >= 0.6 is 0 Å². The van der Waals surface area contributed by atoms with Gasteiger partial charge in [-0.1, -0.05) is 27.2 Å². The molecule has 0 aliphatic heterocycles. The van der Waals surface area contributed by atoms with E-state index in [4.69, 9.17) is 5.73 Å². The molecule has 0 aromatic heterocycles. The van der Waals surface area contributed by atoms with Gasteiger partial charge in [0.15, 0.2) is 0 Å². The van der Waals surface area contributed by atoms with Gasteiger partial charge in [0.2, 0.25) is 0 Å². The van der Waals surface area contributed by atoms with Gasteiger partial charge in [0.1, 0.15) is 5.78 Å². The van der Waals surface area contributed by atoms with E-state index in [9.17, 15) is 4.79 Å². The minimum Gasteiger partial charge on any atom is -0.322 e. The van der Waals surface area contributed by atoms with E-state index >= 15 is 0 Å². The molecule has 0 aromatic carbocycles. The molecule has 0 rings (SSSR count). The zero-order valence-corrected chi connectivity index (χ0v) is 9.68. The molecule has 0 saturated heterocycles. The number of nitrogens with two attached hydrogens (primary N) is 1. The predicted molar refractivity (Wildman–Crippen MR) is 60.3 cm³/mol. The maximum Gasteiger partial charge on any atom is 0.149 e. The van der Waals surface area contributed by atoms with Crippen LogP contribution in [0.3, 0.4) is 0 Å². The summed E-state index contributed by atoms with van der Waals surface area (Å²) in [6.45, 7) is 7.14. The van der Waals surface area contributed by atoms with Crippen molar-refractivity contribution in [1.82, 2.24) is 5.32 Å². The fourth-order valence-electron chi connectivity index (χ4n) is 1.30. The number of hydrogen-bond acceptors (Lipinski definition) is 3. The van der Waals surface area contributed by atoms with E-state index in [2.05, 4.69) is 19.2 Å². The molecule has 0 fully saturated rings. The van der Waals surface area contributed by atoms with Crippen LogP contribution in [0, 0.1) is 0 Å². The topological polar surface area (TPSA) is 55.1 Å². The zero-order chi connectivity index (χ0) is 11.0. The molecule has 14 heavy (non-hydrogen) atoms. The molecule has 0 aromatic rings. The molecule has 0 amide bonds. The molecule has 0 radical (unpaired) electrons. The largest absolute Gasteiger partial charge is 0.322 e. The summed E-state index contributed by atoms with van der Waals surface area (Å²) in [5.74, 6) is 0.182. The summed E-state index contributed by atoms with van der Waals surface area (Å²) in [5, 5.41) is 3.34. The second kappa shape index (κ2) is 7.94. The standard InChI is InChI=1S/C11H24N2O/c1-4-11(14)10(12)7-5-6-8-13-9(2)3/h9-10,13H,4-8,12H2,1-3H3. The van der Waals surface area contributed by atoms with Gasteiger partial charge in [-0.25, -0.2) is 0 Å². The normalized spacial score (nSPS) is 13.2. The lowest BCUT2D eigenvalue weighted by molar-refractivity contribution is -0.120. The molecular formula is C11H24N2O. The van der Waals surface area contributed by atoms with E-state index < -0.39 is 0 Å². The quantitative estimate of drug-likeness (QED) is 0.583. The van der Waals surface area contributed by atoms with E-state index in [0.717, 1.165) is 25.8 Å². The van der Waals surface area contributed by atoms with Gasteiger partial charge in [-0.3, -0.25) is 4.79 Å². The number of carbonyl (C=O) groups excluding carboxylic acids is 1. The monoisotopic (exact) mass is 200 g/mol. The van der Waals surface area contributed by atoms with Crippen molar-refractivity contribution in [3.8, 4) is 0 Å². The van der Waals surface area contributed by atoms with E-state index in [1.54, 1.807) is 0 Å². The summed E-state index contributed by atoms with van der Waals surface area (Å²) in [7, 11) is 0. The number of hydrogen-bond donors (Lipinski definition) is 2. The third-order valence-electron chi connectivity index (χ3n) is 2.26. The van der Waals surface area contributed by atoms with Crippen LogP contribution in [-0.4, -0.2) is 24.4 Å². The maximum atomic E-state index is 11.1. The van der Waals surface area contributed by atoms with Crippen molar-refractivity contribution >= 4 is 5.78 Å². The first-order chi connectivity index (χ1) is 6.57. The van der Waals surface area contributed by atoms with E-state index in [0.29, 0.717) is 12.5 Å². The van der Waals surface area contributed by atoms with Crippen LogP contribution in [0.25, 0.3) is 0 Å². The van der Waals surface area contributed by atoms with Crippen LogP contribution in [0.2, 0.25) is 0 Å². The fraction of sp³-hybridized carbons (Fsp3) is 0.909. The molecule has 0 aliphatic carbocycles. The highest BCUT2D eigenvalue weighted by Crippen LogP contribution is 2.01. The summed E-state index contributed by atoms with van der Waals surface area (Å²) in [4.78, 5) is 11.1. The Bertz CT molecular complexity index is 157. The Hall–Kier alpha value is -0.410. The molecule has 3 heteroatoms. The van der Waals surface area contributed by atoms with Crippen molar-refractivity contribution in [1.29, 1.82) is 0 Å². The third kappa shape index (κ3) is 7.04. The summed E-state index contributed by atoms with van der Waals surface area (Å²) in [6, 6.07) is 0.306. The zero-order valence-electron chi connectivity index (χ0n) is 9.68. The molecule has 3 N–H and O–H groups in total. The van der Waals surface area contributed by atoms with Crippen molar-refractivity contribution in [3.05, 3.63) is 0 Å². The smallest absolute Gasteiger partial charge is 0.149 e.